The summed E-state index contributed by atoms with van der Waals surface area (Å²) >= 11 is 0. The monoisotopic (exact) mass is 500 g/mol. The van der Waals surface area contributed by atoms with Crippen LogP contribution in [-0.2, 0) is 26.9 Å². The van der Waals surface area contributed by atoms with E-state index in [1.165, 1.54) is 31.1 Å². The van der Waals surface area contributed by atoms with E-state index in [2.05, 4.69) is 0 Å². The van der Waals surface area contributed by atoms with E-state index < -0.39 is 35.6 Å². The Morgan fingerprint density at radius 2 is 1.79 bits per heavy atom. The third-order valence-corrected chi connectivity index (χ3v) is 5.65. The summed E-state index contributed by atoms with van der Waals surface area (Å²) in [5.74, 6) is -1.47. The van der Waals surface area contributed by atoms with Crippen LogP contribution < -0.4 is 9.64 Å². The third kappa shape index (κ3) is 6.01. The zero-order valence-corrected chi connectivity index (χ0v) is 20.2. The number of amides is 1. The molecule has 0 bridgehead atoms. The molecule has 2 aromatic carbocycles. The Labute approximate surface area is 203 Å². The second kappa shape index (κ2) is 11.1. The Morgan fingerprint density at radius 3 is 2.32 bits per heavy atom. The molecule has 1 aliphatic heterocycles. The molecule has 0 saturated carbocycles. The van der Waals surface area contributed by atoms with Crippen molar-refractivity contribution in [2.45, 2.75) is 31.5 Å². The van der Waals surface area contributed by atoms with Gasteiger partial charge in [0.05, 0.1) is 12.7 Å². The van der Waals surface area contributed by atoms with E-state index in [-0.39, 0.29) is 36.6 Å². The summed E-state index contributed by atoms with van der Waals surface area (Å²) in [6.45, 7) is 1.75. The first kappa shape index (κ1) is 27.5. The topological polar surface area (TPSA) is 59.1 Å². The van der Waals surface area contributed by atoms with E-state index in [1.807, 2.05) is 4.90 Å². The molecule has 3 rings (SSSR count). The molecule has 0 radical (unpaired) electrons. The smallest absolute Gasteiger partial charge is 0.416 e. The van der Waals surface area contributed by atoms with Crippen molar-refractivity contribution in [1.29, 1.82) is 0 Å². The number of rotatable bonds is 6. The summed E-state index contributed by atoms with van der Waals surface area (Å²) in [4.78, 5) is 28.7. The zero-order valence-electron chi connectivity index (χ0n) is 19.4. The van der Waals surface area contributed by atoms with Crippen molar-refractivity contribution in [1.82, 2.24) is 4.90 Å². The fraction of sp³-hybridized carbons (Fsp3) is 0.417. The molecule has 0 N–H and O–H groups in total. The molecule has 186 valence electrons. The number of methoxy groups -OCH3 is 1. The Bertz CT molecular complexity index is 1010. The molecule has 34 heavy (non-hydrogen) atoms. The second-order valence-corrected chi connectivity index (χ2v) is 8.21. The largest absolute Gasteiger partial charge is 0.497 e. The summed E-state index contributed by atoms with van der Waals surface area (Å²) in [6.07, 6.45) is -6.00. The van der Waals surface area contributed by atoms with E-state index in [4.69, 9.17) is 9.47 Å². The van der Waals surface area contributed by atoms with Crippen LogP contribution in [0.1, 0.15) is 29.5 Å². The molecule has 0 aliphatic carbocycles. The maximum atomic E-state index is 14.0. The third-order valence-electron chi connectivity index (χ3n) is 5.65. The van der Waals surface area contributed by atoms with Gasteiger partial charge in [0.15, 0.2) is 6.10 Å². The predicted molar refractivity (Wildman–Crippen MR) is 125 cm³/mol. The molecule has 2 aromatic rings. The van der Waals surface area contributed by atoms with Gasteiger partial charge < -0.3 is 19.3 Å². The maximum Gasteiger partial charge on any atom is 0.416 e. The Kier molecular flexibility index (Phi) is 8.96. The summed E-state index contributed by atoms with van der Waals surface area (Å²) in [6, 6.07) is 10.5. The van der Waals surface area contributed by atoms with Gasteiger partial charge in [-0.15, -0.1) is 12.4 Å². The molecule has 1 aliphatic rings. The van der Waals surface area contributed by atoms with Gasteiger partial charge in [-0.3, -0.25) is 9.59 Å². The molecular weight excluding hydrogens is 473 g/mol. The maximum absolute atomic E-state index is 14.0. The van der Waals surface area contributed by atoms with E-state index in [1.54, 1.807) is 38.4 Å². The number of esters is 1. The molecule has 1 amide bonds. The fourth-order valence-electron chi connectivity index (χ4n) is 4.06. The van der Waals surface area contributed by atoms with Crippen LogP contribution >= 0.6 is 12.4 Å². The van der Waals surface area contributed by atoms with Gasteiger partial charge in [-0.2, -0.15) is 13.2 Å². The number of likely N-dealkylation sites (N-methyl/N-ethyl adjacent to an activating group) is 1. The first-order valence-corrected chi connectivity index (χ1v) is 10.5. The minimum Gasteiger partial charge on any atom is -0.497 e. The summed E-state index contributed by atoms with van der Waals surface area (Å²) in [5.41, 5.74) is -0.0326. The lowest BCUT2D eigenvalue weighted by Gasteiger charge is -2.29. The highest BCUT2D eigenvalue weighted by Crippen LogP contribution is 2.43. The number of hydrogen-bond acceptors (Lipinski definition) is 5. The van der Waals surface area contributed by atoms with Crippen LogP contribution in [0.2, 0.25) is 0 Å². The van der Waals surface area contributed by atoms with Gasteiger partial charge in [-0.05, 0) is 55.9 Å². The molecule has 6 nitrogen and oxygen atoms in total. The number of halogens is 4. The number of fused-ring (bicyclic) bond motifs is 1. The summed E-state index contributed by atoms with van der Waals surface area (Å²) in [7, 11) is 5.11. The van der Waals surface area contributed by atoms with Crippen LogP contribution in [-0.4, -0.2) is 57.2 Å². The summed E-state index contributed by atoms with van der Waals surface area (Å²) < 4.78 is 52.5. The number of benzene rings is 2. The minimum absolute atomic E-state index is 0. The van der Waals surface area contributed by atoms with E-state index in [0.29, 0.717) is 17.9 Å². The number of carbonyl (C=O) groups excluding carboxylic acids is 2. The van der Waals surface area contributed by atoms with E-state index in [9.17, 15) is 22.8 Å². The Morgan fingerprint density at radius 1 is 1.15 bits per heavy atom. The first-order chi connectivity index (χ1) is 15.5. The molecule has 0 unspecified atom stereocenters. The van der Waals surface area contributed by atoms with Gasteiger partial charge in [0.2, 0.25) is 0 Å². The lowest BCUT2D eigenvalue weighted by atomic mass is 9.86. The average molecular weight is 501 g/mol. The van der Waals surface area contributed by atoms with Crippen LogP contribution in [0.5, 0.6) is 5.75 Å². The van der Waals surface area contributed by atoms with Crippen molar-refractivity contribution in [3.63, 3.8) is 0 Å². The van der Waals surface area contributed by atoms with E-state index in [0.717, 1.165) is 6.07 Å². The quantitative estimate of drug-likeness (QED) is 0.553. The standard InChI is InChI=1S/C24H27F3N2O4.ClH/c1-15(30)33-22-18(16-8-10-17(32-4)11-9-16)14-19-20(24(25,26)27)6-5-7-21(19)29(23(22)31)13-12-28(2)3;/h5-11,18,22H,12-14H2,1-4H3;1H/t18-,22+;/m0./s1. The summed E-state index contributed by atoms with van der Waals surface area (Å²) in [5, 5.41) is 0. The van der Waals surface area contributed by atoms with Crippen molar-refractivity contribution in [2.75, 3.05) is 39.2 Å². The van der Waals surface area contributed by atoms with E-state index >= 15 is 0 Å². The molecule has 1 heterocycles. The molecule has 2 atom stereocenters. The minimum atomic E-state index is -4.60. The van der Waals surface area contributed by atoms with Crippen molar-refractivity contribution < 1.29 is 32.2 Å². The second-order valence-electron chi connectivity index (χ2n) is 8.21. The van der Waals surface area contributed by atoms with Gasteiger partial charge in [0.1, 0.15) is 5.75 Å². The lowest BCUT2D eigenvalue weighted by Crippen LogP contribution is -2.45. The Hall–Kier alpha value is -2.78. The average Bonchev–Trinajstić information content (AvgIpc) is 2.86. The molecular formula is C24H28ClF3N2O4. The highest BCUT2D eigenvalue weighted by molar-refractivity contribution is 6.00. The number of alkyl halides is 3. The van der Waals surface area contributed by atoms with Crippen molar-refractivity contribution in [3.8, 4) is 5.75 Å². The predicted octanol–water partition coefficient (Wildman–Crippen LogP) is 4.30. The van der Waals surface area contributed by atoms with Gasteiger partial charge in [0.25, 0.3) is 5.91 Å². The number of hydrogen-bond donors (Lipinski definition) is 0. The SMILES string of the molecule is COc1ccc([C@@H]2Cc3c(cccc3C(F)(F)F)N(CCN(C)C)C(=O)[C@@H]2OC(C)=O)cc1.Cl. The molecule has 10 heteroatoms. The van der Waals surface area contributed by atoms with Crippen molar-refractivity contribution in [3.05, 3.63) is 59.2 Å². The van der Waals surface area contributed by atoms with Gasteiger partial charge >= 0.3 is 12.1 Å². The van der Waals surface area contributed by atoms with Crippen LogP contribution in [0.4, 0.5) is 18.9 Å². The van der Waals surface area contributed by atoms with Crippen molar-refractivity contribution >= 4 is 30.0 Å². The molecule has 0 spiro atoms. The van der Waals surface area contributed by atoms with Gasteiger partial charge in [0, 0.05) is 31.6 Å². The number of ether oxygens (including phenoxy) is 2. The van der Waals surface area contributed by atoms with Crippen LogP contribution in [0.25, 0.3) is 0 Å². The highest BCUT2D eigenvalue weighted by Gasteiger charge is 2.43. The lowest BCUT2D eigenvalue weighted by molar-refractivity contribution is -0.154. The normalized spacial score (nSPS) is 18.1. The Balaban J connectivity index is 0.00000408. The fourth-order valence-corrected chi connectivity index (χ4v) is 4.06. The molecule has 0 fully saturated rings. The first-order valence-electron chi connectivity index (χ1n) is 10.5. The zero-order chi connectivity index (χ0) is 24.3. The number of nitrogens with zero attached hydrogens (tertiary/aromatic N) is 2. The highest BCUT2D eigenvalue weighted by atomic mass is 35.5. The molecule has 0 saturated heterocycles. The van der Waals surface area contributed by atoms with Crippen LogP contribution in [0, 0.1) is 0 Å². The number of anilines is 1. The molecule has 0 aromatic heterocycles. The number of carbonyl (C=O) groups is 2. The van der Waals surface area contributed by atoms with Gasteiger partial charge in [-0.25, -0.2) is 0 Å². The van der Waals surface area contributed by atoms with Crippen LogP contribution in [0.15, 0.2) is 42.5 Å². The van der Waals surface area contributed by atoms with Crippen LogP contribution in [0.3, 0.4) is 0 Å². The van der Waals surface area contributed by atoms with Crippen molar-refractivity contribution in [2.24, 2.45) is 0 Å². The van der Waals surface area contributed by atoms with Gasteiger partial charge in [-0.1, -0.05) is 18.2 Å².